The van der Waals surface area contributed by atoms with Crippen LogP contribution in [0.5, 0.6) is 0 Å². The van der Waals surface area contributed by atoms with E-state index in [1.165, 1.54) is 12.3 Å². The van der Waals surface area contributed by atoms with Crippen molar-refractivity contribution < 1.29 is 23.1 Å². The Balaban J connectivity index is 1.64. The van der Waals surface area contributed by atoms with Gasteiger partial charge in [0.1, 0.15) is 11.3 Å². The number of benzene rings is 1. The summed E-state index contributed by atoms with van der Waals surface area (Å²) in [6.07, 6.45) is -1.65. The number of hydrogen-bond donors (Lipinski definition) is 1. The number of nitrogens with zero attached hydrogens (tertiary/aromatic N) is 4. The van der Waals surface area contributed by atoms with Crippen molar-refractivity contribution in [2.45, 2.75) is 19.8 Å². The number of fused-ring (bicyclic) bond motifs is 1. The molecule has 8 nitrogen and oxygen atoms in total. The summed E-state index contributed by atoms with van der Waals surface area (Å²) in [5.41, 5.74) is 1.03. The normalized spacial score (nSPS) is 11.1. The van der Waals surface area contributed by atoms with Crippen molar-refractivity contribution in [3.05, 3.63) is 64.9 Å². The molecule has 0 aliphatic heterocycles. The molecule has 0 spiro atoms. The molecule has 0 fully saturated rings. The SMILES string of the molecule is CCOC(=O)Cc1csc(NC(=O)c2cnn3c(C(F)F)cc(-c4ccccc4)nc23)n1. The second-order valence-electron chi connectivity index (χ2n) is 6.61. The molecule has 1 amide bonds. The summed E-state index contributed by atoms with van der Waals surface area (Å²) in [5, 5.41) is 8.42. The van der Waals surface area contributed by atoms with E-state index < -0.39 is 18.3 Å². The summed E-state index contributed by atoms with van der Waals surface area (Å²) >= 11 is 1.13. The van der Waals surface area contributed by atoms with Gasteiger partial charge in [0.15, 0.2) is 10.8 Å². The lowest BCUT2D eigenvalue weighted by Gasteiger charge is -2.08. The molecule has 0 bridgehead atoms. The van der Waals surface area contributed by atoms with Crippen molar-refractivity contribution in [3.8, 4) is 11.3 Å². The molecule has 0 saturated carbocycles. The third-order valence-corrected chi connectivity index (χ3v) is 5.25. The van der Waals surface area contributed by atoms with E-state index >= 15 is 0 Å². The molecule has 4 rings (SSSR count). The number of carbonyl (C=O) groups excluding carboxylic acids is 2. The molecule has 0 saturated heterocycles. The Labute approximate surface area is 184 Å². The van der Waals surface area contributed by atoms with Gasteiger partial charge in [-0.3, -0.25) is 14.9 Å². The zero-order valence-corrected chi connectivity index (χ0v) is 17.6. The summed E-state index contributed by atoms with van der Waals surface area (Å²) in [4.78, 5) is 33.0. The molecule has 4 aromatic rings. The van der Waals surface area contributed by atoms with Crippen molar-refractivity contribution >= 4 is 34.0 Å². The van der Waals surface area contributed by atoms with Gasteiger partial charge < -0.3 is 4.74 Å². The maximum absolute atomic E-state index is 13.7. The monoisotopic (exact) mass is 457 g/mol. The van der Waals surface area contributed by atoms with Crippen molar-refractivity contribution in [1.29, 1.82) is 0 Å². The fraction of sp³-hybridized carbons (Fsp3) is 0.190. The number of ether oxygens (including phenoxy) is 1. The molecule has 0 aliphatic rings. The molecular weight excluding hydrogens is 440 g/mol. The number of rotatable bonds is 7. The van der Waals surface area contributed by atoms with Crippen LogP contribution >= 0.6 is 11.3 Å². The Morgan fingerprint density at radius 3 is 2.72 bits per heavy atom. The first-order chi connectivity index (χ1) is 15.5. The highest BCUT2D eigenvalue weighted by Gasteiger charge is 2.22. The van der Waals surface area contributed by atoms with Crippen molar-refractivity contribution in [1.82, 2.24) is 19.6 Å². The molecule has 32 heavy (non-hydrogen) atoms. The first-order valence-corrected chi connectivity index (χ1v) is 10.5. The van der Waals surface area contributed by atoms with Gasteiger partial charge in [0.2, 0.25) is 0 Å². The predicted molar refractivity (Wildman–Crippen MR) is 114 cm³/mol. The Bertz CT molecular complexity index is 1270. The summed E-state index contributed by atoms with van der Waals surface area (Å²) < 4.78 is 33.2. The van der Waals surface area contributed by atoms with Crippen LogP contribution in [0.15, 0.2) is 48.0 Å². The van der Waals surface area contributed by atoms with Crippen LogP contribution in [0.1, 0.15) is 35.1 Å². The molecule has 0 aliphatic carbocycles. The number of carbonyl (C=O) groups is 2. The Morgan fingerprint density at radius 1 is 1.22 bits per heavy atom. The molecule has 3 aromatic heterocycles. The van der Waals surface area contributed by atoms with Gasteiger partial charge in [0, 0.05) is 10.9 Å². The fourth-order valence-corrected chi connectivity index (χ4v) is 3.73. The topological polar surface area (TPSA) is 98.5 Å². The number of amides is 1. The fourth-order valence-electron chi connectivity index (χ4n) is 3.03. The number of nitrogens with one attached hydrogen (secondary N) is 1. The van der Waals surface area contributed by atoms with Gasteiger partial charge in [0.25, 0.3) is 12.3 Å². The summed E-state index contributed by atoms with van der Waals surface area (Å²) in [5.74, 6) is -1.02. The molecule has 164 valence electrons. The second kappa shape index (κ2) is 9.18. The van der Waals surface area contributed by atoms with Crippen LogP contribution in [-0.4, -0.2) is 38.1 Å². The van der Waals surface area contributed by atoms with E-state index in [-0.39, 0.29) is 35.1 Å². The number of hydrogen-bond acceptors (Lipinski definition) is 7. The van der Waals surface area contributed by atoms with Gasteiger partial charge in [0.05, 0.1) is 30.6 Å². The predicted octanol–water partition coefficient (Wildman–Crippen LogP) is 4.15. The largest absolute Gasteiger partial charge is 0.466 e. The average Bonchev–Trinajstić information content (AvgIpc) is 3.40. The van der Waals surface area contributed by atoms with Crippen LogP contribution < -0.4 is 5.32 Å². The number of thiazole rings is 1. The van der Waals surface area contributed by atoms with E-state index in [0.29, 0.717) is 17.0 Å². The first kappa shape index (κ1) is 21.5. The van der Waals surface area contributed by atoms with Gasteiger partial charge in [-0.25, -0.2) is 23.3 Å². The van der Waals surface area contributed by atoms with Crippen LogP contribution in [0.2, 0.25) is 0 Å². The molecule has 0 atom stereocenters. The Morgan fingerprint density at radius 2 is 2.00 bits per heavy atom. The Kier molecular flexibility index (Phi) is 6.17. The lowest BCUT2D eigenvalue weighted by Crippen LogP contribution is -2.13. The second-order valence-corrected chi connectivity index (χ2v) is 7.46. The van der Waals surface area contributed by atoms with Gasteiger partial charge in [-0.1, -0.05) is 30.3 Å². The van der Waals surface area contributed by atoms with Gasteiger partial charge in [-0.2, -0.15) is 5.10 Å². The average molecular weight is 457 g/mol. The minimum Gasteiger partial charge on any atom is -0.466 e. The highest BCUT2D eigenvalue weighted by molar-refractivity contribution is 7.14. The van der Waals surface area contributed by atoms with Gasteiger partial charge in [-0.05, 0) is 13.0 Å². The molecule has 11 heteroatoms. The van der Waals surface area contributed by atoms with E-state index in [1.807, 2.05) is 0 Å². The van der Waals surface area contributed by atoms with Crippen LogP contribution in [0, 0.1) is 0 Å². The lowest BCUT2D eigenvalue weighted by atomic mass is 10.1. The Hall–Kier alpha value is -3.73. The van der Waals surface area contributed by atoms with E-state index in [1.54, 1.807) is 42.6 Å². The maximum Gasteiger partial charge on any atom is 0.311 e. The van der Waals surface area contributed by atoms with Crippen LogP contribution in [0.3, 0.4) is 0 Å². The van der Waals surface area contributed by atoms with E-state index in [2.05, 4.69) is 20.4 Å². The third kappa shape index (κ3) is 4.47. The minimum atomic E-state index is -2.82. The number of alkyl halides is 2. The number of aromatic nitrogens is 4. The standard InChI is InChI=1S/C21H17F2N5O3S/c1-2-31-17(29)8-13-11-32-21(25-13)27-20(30)14-10-24-28-16(18(22)23)9-15(26-19(14)28)12-6-4-3-5-7-12/h3-7,9-11,18H,2,8H2,1H3,(H,25,27,30). The zero-order chi connectivity index (χ0) is 22.7. The van der Waals surface area contributed by atoms with E-state index in [0.717, 1.165) is 15.9 Å². The minimum absolute atomic E-state index is 0.00227. The molecule has 0 unspecified atom stereocenters. The van der Waals surface area contributed by atoms with Gasteiger partial charge in [-0.15, -0.1) is 11.3 Å². The molecule has 1 N–H and O–H groups in total. The molecular formula is C21H17F2N5O3S. The van der Waals surface area contributed by atoms with E-state index in [9.17, 15) is 18.4 Å². The van der Waals surface area contributed by atoms with E-state index in [4.69, 9.17) is 4.74 Å². The van der Waals surface area contributed by atoms with Crippen molar-refractivity contribution in [2.75, 3.05) is 11.9 Å². The van der Waals surface area contributed by atoms with Crippen molar-refractivity contribution in [3.63, 3.8) is 0 Å². The number of halogens is 2. The third-order valence-electron chi connectivity index (χ3n) is 4.44. The number of esters is 1. The van der Waals surface area contributed by atoms with Gasteiger partial charge >= 0.3 is 5.97 Å². The highest BCUT2D eigenvalue weighted by atomic mass is 32.1. The zero-order valence-electron chi connectivity index (χ0n) is 16.8. The van der Waals surface area contributed by atoms with Crippen LogP contribution in [0.4, 0.5) is 13.9 Å². The van der Waals surface area contributed by atoms with Crippen LogP contribution in [0.25, 0.3) is 16.9 Å². The highest BCUT2D eigenvalue weighted by Crippen LogP contribution is 2.27. The molecule has 3 heterocycles. The summed E-state index contributed by atoms with van der Waals surface area (Å²) in [6.45, 7) is 1.97. The molecule has 1 aromatic carbocycles. The summed E-state index contributed by atoms with van der Waals surface area (Å²) in [7, 11) is 0. The first-order valence-electron chi connectivity index (χ1n) is 9.60. The van der Waals surface area contributed by atoms with Crippen LogP contribution in [-0.2, 0) is 16.0 Å². The quantitative estimate of drug-likeness (QED) is 0.419. The maximum atomic E-state index is 13.7. The number of anilines is 1. The lowest BCUT2D eigenvalue weighted by molar-refractivity contribution is -0.142. The van der Waals surface area contributed by atoms with Crippen molar-refractivity contribution in [2.24, 2.45) is 0 Å². The molecule has 0 radical (unpaired) electrons. The smallest absolute Gasteiger partial charge is 0.311 e. The summed E-state index contributed by atoms with van der Waals surface area (Å²) in [6, 6.07) is 10.1.